The normalized spacial score (nSPS) is 11.6. The maximum absolute atomic E-state index is 13.8. The average Bonchev–Trinajstić information content (AvgIpc) is 3.39. The molecule has 0 atom stereocenters. The van der Waals surface area contributed by atoms with Gasteiger partial charge in [-0.2, -0.15) is 4.98 Å². The largest absolute Gasteiger partial charge is 0.452 e. The summed E-state index contributed by atoms with van der Waals surface area (Å²) < 4.78 is 49.1. The number of carbonyl (C=O) groups excluding carboxylic acids is 1. The number of halogens is 1. The van der Waals surface area contributed by atoms with Crippen molar-refractivity contribution >= 4 is 16.0 Å². The molecule has 2 N–H and O–H groups in total. The van der Waals surface area contributed by atoms with Crippen molar-refractivity contribution in [3.05, 3.63) is 88.3 Å². The predicted molar refractivity (Wildman–Crippen MR) is 124 cm³/mol. The molecule has 0 aliphatic rings. The lowest BCUT2D eigenvalue weighted by molar-refractivity contribution is 0.0429. The van der Waals surface area contributed by atoms with Crippen molar-refractivity contribution in [2.75, 3.05) is 0 Å². The van der Waals surface area contributed by atoms with Gasteiger partial charge < -0.3 is 13.8 Å². The van der Waals surface area contributed by atoms with E-state index in [1.54, 1.807) is 44.2 Å². The molecule has 0 saturated heterocycles. The van der Waals surface area contributed by atoms with Crippen molar-refractivity contribution in [1.29, 1.82) is 0 Å². The van der Waals surface area contributed by atoms with Crippen molar-refractivity contribution < 1.29 is 26.9 Å². The summed E-state index contributed by atoms with van der Waals surface area (Å²) in [4.78, 5) is 16.9. The molecule has 182 valence electrons. The molecule has 11 heteroatoms. The Kier molecular flexibility index (Phi) is 6.55. The second-order valence-electron chi connectivity index (χ2n) is 8.11. The van der Waals surface area contributed by atoms with Crippen LogP contribution in [-0.2, 0) is 27.9 Å². The third kappa shape index (κ3) is 5.31. The molecule has 0 fully saturated rings. The number of primary sulfonamides is 1. The lowest BCUT2D eigenvalue weighted by Gasteiger charge is -2.10. The average molecular weight is 499 g/mol. The summed E-state index contributed by atoms with van der Waals surface area (Å²) in [6.07, 6.45) is 0. The van der Waals surface area contributed by atoms with Gasteiger partial charge in [-0.25, -0.2) is 22.7 Å². The first-order chi connectivity index (χ1) is 16.5. The summed E-state index contributed by atoms with van der Waals surface area (Å²) in [6, 6.07) is 12.5. The molecule has 9 nitrogen and oxygen atoms in total. The number of benzene rings is 2. The topological polar surface area (TPSA) is 130 Å². The Hall–Kier alpha value is -3.83. The molecule has 0 aliphatic carbocycles. The van der Waals surface area contributed by atoms with Crippen LogP contribution in [0.2, 0.25) is 0 Å². The van der Waals surface area contributed by atoms with Gasteiger partial charge in [-0.1, -0.05) is 29.4 Å². The second kappa shape index (κ2) is 9.43. The molecule has 0 unspecified atom stereocenters. The Morgan fingerprint density at radius 2 is 1.83 bits per heavy atom. The number of rotatable bonds is 7. The maximum Gasteiger partial charge on any atom is 0.340 e. The Balaban J connectivity index is 1.44. The number of carbonyl (C=O) groups is 1. The zero-order valence-corrected chi connectivity index (χ0v) is 20.1. The number of ether oxygens (including phenoxy) is 1. The van der Waals surface area contributed by atoms with Gasteiger partial charge >= 0.3 is 5.97 Å². The highest BCUT2D eigenvalue weighted by molar-refractivity contribution is 7.89. The fraction of sp³-hybridized carbons (Fsp3) is 0.208. The van der Waals surface area contributed by atoms with Crippen LogP contribution in [0.3, 0.4) is 0 Å². The van der Waals surface area contributed by atoms with Gasteiger partial charge in [-0.15, -0.1) is 0 Å². The van der Waals surface area contributed by atoms with Crippen LogP contribution in [0.5, 0.6) is 0 Å². The summed E-state index contributed by atoms with van der Waals surface area (Å²) >= 11 is 0. The Morgan fingerprint density at radius 3 is 2.49 bits per heavy atom. The number of aromatic nitrogens is 3. The van der Waals surface area contributed by atoms with Crippen LogP contribution in [0.1, 0.15) is 38.8 Å². The van der Waals surface area contributed by atoms with Crippen LogP contribution < -0.4 is 5.14 Å². The zero-order chi connectivity index (χ0) is 25.3. The molecular weight excluding hydrogens is 475 g/mol. The van der Waals surface area contributed by atoms with Crippen LogP contribution in [0, 0.1) is 26.6 Å². The Morgan fingerprint density at radius 1 is 1.11 bits per heavy atom. The van der Waals surface area contributed by atoms with Crippen LogP contribution in [0.25, 0.3) is 11.4 Å². The fourth-order valence-corrected chi connectivity index (χ4v) is 4.10. The van der Waals surface area contributed by atoms with Crippen molar-refractivity contribution in [3.63, 3.8) is 0 Å². The standard InChI is InChI=1S/C24H23FN4O5S/c1-14-4-7-18(11-21(14)25)23-27-22(34-28-23)13-33-24(30)20-10-15(2)29(16(20)3)12-17-5-8-19(9-6-17)35(26,31)32/h4-11H,12-13H2,1-3H3,(H2,26,31,32). The highest BCUT2D eigenvalue weighted by atomic mass is 32.2. The summed E-state index contributed by atoms with van der Waals surface area (Å²) in [5.41, 5.74) is 3.68. The molecule has 0 aliphatic heterocycles. The third-order valence-corrected chi connectivity index (χ3v) is 6.54. The van der Waals surface area contributed by atoms with Gasteiger partial charge in [0.15, 0.2) is 6.61 Å². The molecule has 2 aromatic carbocycles. The molecule has 0 bridgehead atoms. The number of nitrogens with zero attached hydrogens (tertiary/aromatic N) is 3. The minimum absolute atomic E-state index is 0.0307. The molecule has 0 amide bonds. The number of hydrogen-bond donors (Lipinski definition) is 1. The molecule has 2 aromatic heterocycles. The Bertz CT molecular complexity index is 1510. The van der Waals surface area contributed by atoms with Crippen LogP contribution in [-0.4, -0.2) is 29.1 Å². The highest BCUT2D eigenvalue weighted by Crippen LogP contribution is 2.21. The maximum atomic E-state index is 13.8. The van der Waals surface area contributed by atoms with Crippen LogP contribution in [0.15, 0.2) is 57.9 Å². The summed E-state index contributed by atoms with van der Waals surface area (Å²) in [5, 5.41) is 8.96. The summed E-state index contributed by atoms with van der Waals surface area (Å²) in [6.45, 7) is 5.49. The lowest BCUT2D eigenvalue weighted by Crippen LogP contribution is -2.12. The van der Waals surface area contributed by atoms with E-state index in [0.717, 1.165) is 11.3 Å². The number of aryl methyl sites for hydroxylation is 2. The number of hydrogen-bond acceptors (Lipinski definition) is 7. The van der Waals surface area contributed by atoms with Gasteiger partial charge in [0.1, 0.15) is 5.82 Å². The first-order valence-electron chi connectivity index (χ1n) is 10.6. The first kappa shape index (κ1) is 24.3. The number of sulfonamides is 1. The SMILES string of the molecule is Cc1ccc(-c2noc(COC(=O)c3cc(C)n(Cc4ccc(S(N)(=O)=O)cc4)c3C)n2)cc1F. The molecule has 0 radical (unpaired) electrons. The van der Waals surface area contributed by atoms with E-state index in [9.17, 15) is 17.6 Å². The van der Waals surface area contributed by atoms with Crippen molar-refractivity contribution in [1.82, 2.24) is 14.7 Å². The molecule has 0 saturated carbocycles. The molecule has 0 spiro atoms. The molecule has 4 rings (SSSR count). The number of esters is 1. The van der Waals surface area contributed by atoms with Gasteiger partial charge in [0, 0.05) is 23.5 Å². The predicted octanol–water partition coefficient (Wildman–Crippen LogP) is 3.66. The van der Waals surface area contributed by atoms with E-state index in [4.69, 9.17) is 14.4 Å². The van der Waals surface area contributed by atoms with E-state index in [1.807, 2.05) is 11.5 Å². The van der Waals surface area contributed by atoms with E-state index >= 15 is 0 Å². The van der Waals surface area contributed by atoms with Crippen molar-refractivity contribution in [2.45, 2.75) is 38.8 Å². The van der Waals surface area contributed by atoms with Crippen LogP contribution in [0.4, 0.5) is 4.39 Å². The van der Waals surface area contributed by atoms with Gasteiger partial charge in [-0.05, 0) is 56.2 Å². The molecule has 35 heavy (non-hydrogen) atoms. The Labute approximate surface area is 201 Å². The summed E-state index contributed by atoms with van der Waals surface area (Å²) in [5.74, 6) is -0.661. The monoisotopic (exact) mass is 498 g/mol. The lowest BCUT2D eigenvalue weighted by atomic mass is 10.1. The fourth-order valence-electron chi connectivity index (χ4n) is 3.59. The summed E-state index contributed by atoms with van der Waals surface area (Å²) in [7, 11) is -3.77. The van der Waals surface area contributed by atoms with E-state index in [1.165, 1.54) is 18.2 Å². The van der Waals surface area contributed by atoms with Gasteiger partial charge in [0.05, 0.1) is 10.5 Å². The zero-order valence-electron chi connectivity index (χ0n) is 19.3. The van der Waals surface area contributed by atoms with E-state index < -0.39 is 16.0 Å². The van der Waals surface area contributed by atoms with Gasteiger partial charge in [0.25, 0.3) is 5.89 Å². The molecule has 2 heterocycles. The minimum atomic E-state index is -3.77. The first-order valence-corrected chi connectivity index (χ1v) is 12.1. The van der Waals surface area contributed by atoms with E-state index in [-0.39, 0.29) is 29.0 Å². The van der Waals surface area contributed by atoms with Crippen molar-refractivity contribution in [2.24, 2.45) is 5.14 Å². The van der Waals surface area contributed by atoms with E-state index in [0.29, 0.717) is 28.9 Å². The second-order valence-corrected chi connectivity index (χ2v) is 9.67. The van der Waals surface area contributed by atoms with Crippen LogP contribution >= 0.6 is 0 Å². The molecule has 4 aromatic rings. The molecular formula is C24H23FN4O5S. The van der Waals surface area contributed by atoms with Gasteiger partial charge in [0.2, 0.25) is 15.8 Å². The van der Waals surface area contributed by atoms with Gasteiger partial charge in [-0.3, -0.25) is 0 Å². The number of nitrogens with two attached hydrogens (primary N) is 1. The highest BCUT2D eigenvalue weighted by Gasteiger charge is 2.19. The van der Waals surface area contributed by atoms with Crippen molar-refractivity contribution in [3.8, 4) is 11.4 Å². The quantitative estimate of drug-likeness (QED) is 0.385. The minimum Gasteiger partial charge on any atom is -0.452 e. The van der Waals surface area contributed by atoms with E-state index in [2.05, 4.69) is 10.1 Å². The smallest absolute Gasteiger partial charge is 0.340 e. The third-order valence-electron chi connectivity index (χ3n) is 5.61.